The first-order valence-corrected chi connectivity index (χ1v) is 10.3. The van der Waals surface area contributed by atoms with Crippen molar-refractivity contribution < 1.29 is 30.8 Å². The second-order valence-corrected chi connectivity index (χ2v) is 8.49. The maximum Gasteiger partial charge on any atom is 0.434 e. The number of alkyl halides is 3. The minimum absolute atomic E-state index is 0.0229. The van der Waals surface area contributed by atoms with Gasteiger partial charge in [0.05, 0.1) is 16.7 Å². The summed E-state index contributed by atoms with van der Waals surface area (Å²) in [6, 6.07) is 8.59. The second kappa shape index (κ2) is 7.56. The lowest BCUT2D eigenvalue weighted by molar-refractivity contribution is -0.143. The van der Waals surface area contributed by atoms with Crippen LogP contribution in [-0.4, -0.2) is 30.4 Å². The van der Waals surface area contributed by atoms with E-state index in [4.69, 9.17) is 0 Å². The van der Waals surface area contributed by atoms with Gasteiger partial charge in [-0.05, 0) is 36.8 Å². The van der Waals surface area contributed by atoms with Crippen LogP contribution in [0.15, 0.2) is 53.6 Å². The van der Waals surface area contributed by atoms with Gasteiger partial charge in [-0.2, -0.15) is 18.3 Å². The summed E-state index contributed by atoms with van der Waals surface area (Å²) in [5, 5.41) is 5.84. The number of carbonyl (C=O) groups excluding carboxylic acids is 1. The van der Waals surface area contributed by atoms with Crippen molar-refractivity contribution in [1.29, 1.82) is 0 Å². The van der Waals surface area contributed by atoms with Gasteiger partial charge in [0.1, 0.15) is 11.5 Å². The van der Waals surface area contributed by atoms with Crippen LogP contribution in [0.4, 0.5) is 23.2 Å². The predicted molar refractivity (Wildman–Crippen MR) is 101 cm³/mol. The van der Waals surface area contributed by atoms with Crippen LogP contribution in [0.25, 0.3) is 5.69 Å². The number of amides is 1. The third-order valence-electron chi connectivity index (χ3n) is 4.25. The molecule has 0 spiro atoms. The molecule has 1 heterocycles. The Morgan fingerprint density at radius 2 is 1.80 bits per heavy atom. The maximum atomic E-state index is 14.0. The van der Waals surface area contributed by atoms with Crippen LogP contribution in [0.5, 0.6) is 0 Å². The summed E-state index contributed by atoms with van der Waals surface area (Å²) in [6.07, 6.45) is -3.38. The van der Waals surface area contributed by atoms with Gasteiger partial charge in [0.25, 0.3) is 5.91 Å². The molecule has 30 heavy (non-hydrogen) atoms. The molecule has 0 atom stereocenters. The molecule has 1 N–H and O–H groups in total. The van der Waals surface area contributed by atoms with Crippen LogP contribution < -0.4 is 5.32 Å². The molecule has 0 bridgehead atoms. The third kappa shape index (κ3) is 4.20. The van der Waals surface area contributed by atoms with Crippen molar-refractivity contribution in [2.75, 3.05) is 11.6 Å². The normalized spacial score (nSPS) is 12.1. The molecule has 0 aliphatic heterocycles. The summed E-state index contributed by atoms with van der Waals surface area (Å²) in [7, 11) is -3.60. The molecule has 11 heteroatoms. The van der Waals surface area contributed by atoms with Crippen molar-refractivity contribution in [3.05, 3.63) is 71.3 Å². The molecule has 1 aromatic heterocycles. The molecule has 1 amide bonds. The number of hydrogen-bond donors (Lipinski definition) is 1. The van der Waals surface area contributed by atoms with E-state index < -0.39 is 44.7 Å². The number of rotatable bonds is 4. The summed E-state index contributed by atoms with van der Waals surface area (Å²) in [6.45, 7) is 1.55. The number of benzene rings is 2. The highest BCUT2D eigenvalue weighted by atomic mass is 32.2. The summed E-state index contributed by atoms with van der Waals surface area (Å²) >= 11 is 0. The van der Waals surface area contributed by atoms with Gasteiger partial charge in [0.2, 0.25) is 0 Å². The first-order chi connectivity index (χ1) is 13.9. The van der Waals surface area contributed by atoms with Crippen LogP contribution in [0.2, 0.25) is 0 Å². The number of aryl methyl sites for hydroxylation is 1. The van der Waals surface area contributed by atoms with Crippen molar-refractivity contribution in [3.8, 4) is 5.69 Å². The lowest BCUT2D eigenvalue weighted by atomic mass is 10.1. The van der Waals surface area contributed by atoms with E-state index in [1.54, 1.807) is 6.92 Å². The Bertz CT molecular complexity index is 1230. The van der Waals surface area contributed by atoms with Crippen LogP contribution in [0.1, 0.15) is 21.6 Å². The number of anilines is 1. The van der Waals surface area contributed by atoms with E-state index >= 15 is 0 Å². The number of para-hydroxylation sites is 1. The molecule has 0 aliphatic rings. The largest absolute Gasteiger partial charge is 0.434 e. The Hall–Kier alpha value is -3.21. The van der Waals surface area contributed by atoms with Gasteiger partial charge >= 0.3 is 6.18 Å². The topological polar surface area (TPSA) is 81.1 Å². The molecule has 0 unspecified atom stereocenters. The number of nitrogens with one attached hydrogen (secondary N) is 1. The molecule has 2 aromatic carbocycles. The summed E-state index contributed by atoms with van der Waals surface area (Å²) < 4.78 is 78.9. The van der Waals surface area contributed by atoms with Crippen LogP contribution >= 0.6 is 0 Å². The van der Waals surface area contributed by atoms with Gasteiger partial charge in [0, 0.05) is 11.9 Å². The van der Waals surface area contributed by atoms with E-state index in [0.29, 0.717) is 16.4 Å². The fourth-order valence-corrected chi connectivity index (χ4v) is 3.40. The molecule has 0 saturated carbocycles. The molecule has 0 saturated heterocycles. The van der Waals surface area contributed by atoms with Crippen LogP contribution in [0, 0.1) is 12.7 Å². The lowest BCUT2D eigenvalue weighted by Crippen LogP contribution is -2.21. The van der Waals surface area contributed by atoms with E-state index in [9.17, 15) is 30.8 Å². The van der Waals surface area contributed by atoms with Gasteiger partial charge in [-0.1, -0.05) is 18.2 Å². The van der Waals surface area contributed by atoms with Gasteiger partial charge < -0.3 is 5.32 Å². The standard InChI is InChI=1S/C19H15F4N3O3S/c1-11-7-8-12(30(2,28)29)9-15(11)25-18(27)13-10-24-26(17(13)19(21,22)23)16-6-4-3-5-14(16)20/h3-10H,1-2H3,(H,25,27). The van der Waals surface area contributed by atoms with E-state index in [1.165, 1.54) is 24.3 Å². The Morgan fingerprint density at radius 3 is 2.40 bits per heavy atom. The molecule has 0 fully saturated rings. The summed E-state index contributed by atoms with van der Waals surface area (Å²) in [4.78, 5) is 12.5. The first-order valence-electron chi connectivity index (χ1n) is 8.42. The zero-order valence-electron chi connectivity index (χ0n) is 15.7. The average molecular weight is 441 g/mol. The molecule has 6 nitrogen and oxygen atoms in total. The van der Waals surface area contributed by atoms with Crippen molar-refractivity contribution >= 4 is 21.4 Å². The smallest absolute Gasteiger partial charge is 0.322 e. The van der Waals surface area contributed by atoms with Crippen molar-refractivity contribution in [2.45, 2.75) is 18.0 Å². The van der Waals surface area contributed by atoms with Gasteiger partial charge in [-0.25, -0.2) is 17.5 Å². The van der Waals surface area contributed by atoms with Gasteiger partial charge in [-0.3, -0.25) is 4.79 Å². The highest BCUT2D eigenvalue weighted by Crippen LogP contribution is 2.34. The van der Waals surface area contributed by atoms with E-state index in [2.05, 4.69) is 10.4 Å². The lowest BCUT2D eigenvalue weighted by Gasteiger charge is -2.14. The van der Waals surface area contributed by atoms with Crippen molar-refractivity contribution in [2.24, 2.45) is 0 Å². The Kier molecular flexibility index (Phi) is 5.42. The molecule has 3 aromatic rings. The van der Waals surface area contributed by atoms with E-state index in [1.807, 2.05) is 0 Å². The van der Waals surface area contributed by atoms with Gasteiger partial charge in [0.15, 0.2) is 15.5 Å². The minimum atomic E-state index is -5.02. The van der Waals surface area contributed by atoms with Crippen LogP contribution in [0.3, 0.4) is 0 Å². The Morgan fingerprint density at radius 1 is 1.13 bits per heavy atom. The number of sulfone groups is 1. The van der Waals surface area contributed by atoms with Crippen LogP contribution in [-0.2, 0) is 16.0 Å². The highest BCUT2D eigenvalue weighted by molar-refractivity contribution is 7.90. The van der Waals surface area contributed by atoms with E-state index in [0.717, 1.165) is 24.5 Å². The number of carbonyl (C=O) groups is 1. The number of nitrogens with zero attached hydrogens (tertiary/aromatic N) is 2. The molecule has 3 rings (SSSR count). The maximum absolute atomic E-state index is 14.0. The average Bonchev–Trinajstić information content (AvgIpc) is 3.08. The molecule has 158 valence electrons. The second-order valence-electron chi connectivity index (χ2n) is 6.47. The summed E-state index contributed by atoms with van der Waals surface area (Å²) in [5.74, 6) is -2.12. The van der Waals surface area contributed by atoms with E-state index in [-0.39, 0.29) is 10.6 Å². The Balaban J connectivity index is 2.07. The zero-order valence-corrected chi connectivity index (χ0v) is 16.5. The SMILES string of the molecule is Cc1ccc(S(C)(=O)=O)cc1NC(=O)c1cnn(-c2ccccc2F)c1C(F)(F)F. The fraction of sp³-hybridized carbons (Fsp3) is 0.158. The highest BCUT2D eigenvalue weighted by Gasteiger charge is 2.41. The quantitative estimate of drug-likeness (QED) is 0.621. The van der Waals surface area contributed by atoms with Crippen molar-refractivity contribution in [1.82, 2.24) is 9.78 Å². The third-order valence-corrected chi connectivity index (χ3v) is 5.36. The van der Waals surface area contributed by atoms with Gasteiger partial charge in [-0.15, -0.1) is 0 Å². The number of halogens is 4. The molecular formula is C19H15F4N3O3S. The minimum Gasteiger partial charge on any atom is -0.322 e. The predicted octanol–water partition coefficient (Wildman–Crippen LogP) is 3.99. The number of aromatic nitrogens is 2. The fourth-order valence-electron chi connectivity index (χ4n) is 2.75. The molecule has 0 aliphatic carbocycles. The zero-order chi connectivity index (χ0) is 22.3. The molecule has 0 radical (unpaired) electrons. The monoisotopic (exact) mass is 441 g/mol. The first kappa shape index (κ1) is 21.5. The number of hydrogen-bond acceptors (Lipinski definition) is 4. The Labute approximate surface area is 169 Å². The molecular weight excluding hydrogens is 426 g/mol. The summed E-state index contributed by atoms with van der Waals surface area (Å²) in [5.41, 5.74) is -2.31. The van der Waals surface area contributed by atoms with Crippen molar-refractivity contribution in [3.63, 3.8) is 0 Å².